The standard InChI is InChI=1S/C24H17F2N3O2/c1-24(20-12-18(25)10-11-21(20)26)22(30)29(23(31)28-24)14-15-6-8-16(9-7-15)19-5-3-2-4-17(19)13-27/h2-12H,14H2,1H3,(H,28,31)/t24-/m1/s1. The molecule has 5 nitrogen and oxygen atoms in total. The third-order valence-corrected chi connectivity index (χ3v) is 5.40. The van der Waals surface area contributed by atoms with Gasteiger partial charge >= 0.3 is 6.03 Å². The Morgan fingerprint density at radius 2 is 1.74 bits per heavy atom. The molecule has 1 saturated heterocycles. The highest BCUT2D eigenvalue weighted by atomic mass is 19.1. The molecule has 4 rings (SSSR count). The molecule has 0 bridgehead atoms. The lowest BCUT2D eigenvalue weighted by Gasteiger charge is -2.23. The fraction of sp³-hybridized carbons (Fsp3) is 0.125. The van der Waals surface area contributed by atoms with Gasteiger partial charge in [0, 0.05) is 5.56 Å². The zero-order valence-corrected chi connectivity index (χ0v) is 16.5. The molecule has 3 aromatic carbocycles. The van der Waals surface area contributed by atoms with E-state index in [9.17, 15) is 23.6 Å². The number of benzene rings is 3. The molecule has 0 unspecified atom stereocenters. The van der Waals surface area contributed by atoms with Crippen LogP contribution in [0.2, 0.25) is 0 Å². The lowest BCUT2D eigenvalue weighted by atomic mass is 9.91. The molecule has 0 spiro atoms. The smallest absolute Gasteiger partial charge is 0.319 e. The van der Waals surface area contributed by atoms with Gasteiger partial charge in [0.15, 0.2) is 0 Å². The number of carbonyl (C=O) groups is 2. The van der Waals surface area contributed by atoms with Crippen LogP contribution in [0.1, 0.15) is 23.6 Å². The summed E-state index contributed by atoms with van der Waals surface area (Å²) >= 11 is 0. The second-order valence-electron chi connectivity index (χ2n) is 7.42. The number of carbonyl (C=O) groups excluding carboxylic acids is 2. The molecule has 1 aliphatic heterocycles. The zero-order valence-electron chi connectivity index (χ0n) is 16.5. The molecule has 1 atom stereocenters. The third-order valence-electron chi connectivity index (χ3n) is 5.40. The van der Waals surface area contributed by atoms with Crippen molar-refractivity contribution in [3.05, 3.63) is 95.1 Å². The number of amides is 3. The Balaban J connectivity index is 1.59. The van der Waals surface area contributed by atoms with Gasteiger partial charge in [-0.05, 0) is 47.9 Å². The van der Waals surface area contributed by atoms with Gasteiger partial charge in [-0.1, -0.05) is 42.5 Å². The number of nitrogens with zero attached hydrogens (tertiary/aromatic N) is 2. The summed E-state index contributed by atoms with van der Waals surface area (Å²) in [6, 6.07) is 18.5. The van der Waals surface area contributed by atoms with Gasteiger partial charge in [-0.2, -0.15) is 5.26 Å². The van der Waals surface area contributed by atoms with Crippen LogP contribution >= 0.6 is 0 Å². The van der Waals surface area contributed by atoms with E-state index in [1.54, 1.807) is 36.4 Å². The van der Waals surface area contributed by atoms with E-state index in [0.717, 1.165) is 34.2 Å². The summed E-state index contributed by atoms with van der Waals surface area (Å²) in [4.78, 5) is 26.5. The van der Waals surface area contributed by atoms with Crippen LogP contribution in [0.3, 0.4) is 0 Å². The van der Waals surface area contributed by atoms with Crippen LogP contribution in [0.5, 0.6) is 0 Å². The van der Waals surface area contributed by atoms with Crippen molar-refractivity contribution in [2.75, 3.05) is 0 Å². The van der Waals surface area contributed by atoms with Crippen LogP contribution < -0.4 is 5.32 Å². The summed E-state index contributed by atoms with van der Waals surface area (Å²) in [6.45, 7) is 1.32. The summed E-state index contributed by atoms with van der Waals surface area (Å²) in [6.07, 6.45) is 0. The summed E-state index contributed by atoms with van der Waals surface area (Å²) in [7, 11) is 0. The largest absolute Gasteiger partial charge is 0.325 e. The van der Waals surface area contributed by atoms with Gasteiger partial charge in [0.05, 0.1) is 18.2 Å². The number of nitriles is 1. The molecular formula is C24H17F2N3O2. The Morgan fingerprint density at radius 3 is 2.45 bits per heavy atom. The Labute approximate surface area is 177 Å². The normalized spacial score (nSPS) is 18.1. The minimum Gasteiger partial charge on any atom is -0.319 e. The Morgan fingerprint density at radius 1 is 1.03 bits per heavy atom. The number of hydrogen-bond donors (Lipinski definition) is 1. The van der Waals surface area contributed by atoms with Crippen LogP contribution in [0.25, 0.3) is 11.1 Å². The number of rotatable bonds is 4. The average Bonchev–Trinajstić information content (AvgIpc) is 2.99. The van der Waals surface area contributed by atoms with Crippen LogP contribution in [0.4, 0.5) is 13.6 Å². The van der Waals surface area contributed by atoms with Gasteiger partial charge in [0.25, 0.3) is 5.91 Å². The lowest BCUT2D eigenvalue weighted by Crippen LogP contribution is -2.41. The molecule has 0 radical (unpaired) electrons. The Kier molecular flexibility index (Phi) is 4.99. The van der Waals surface area contributed by atoms with Crippen molar-refractivity contribution in [2.45, 2.75) is 19.0 Å². The maximum atomic E-state index is 14.3. The number of hydrogen-bond acceptors (Lipinski definition) is 3. The van der Waals surface area contributed by atoms with Gasteiger partial charge in [-0.3, -0.25) is 9.69 Å². The maximum Gasteiger partial charge on any atom is 0.325 e. The SMILES string of the molecule is C[C@]1(c2cc(F)ccc2F)NC(=O)N(Cc2ccc(-c3ccccc3C#N)cc2)C1=O. The number of urea groups is 1. The van der Waals surface area contributed by atoms with E-state index in [2.05, 4.69) is 11.4 Å². The molecule has 7 heteroatoms. The van der Waals surface area contributed by atoms with Crippen molar-refractivity contribution in [1.29, 1.82) is 5.26 Å². The molecule has 3 amide bonds. The summed E-state index contributed by atoms with van der Waals surface area (Å²) in [5.74, 6) is -2.15. The highest BCUT2D eigenvalue weighted by Gasteiger charge is 2.50. The lowest BCUT2D eigenvalue weighted by molar-refractivity contribution is -0.131. The molecule has 1 N–H and O–H groups in total. The molecule has 1 heterocycles. The molecule has 0 aromatic heterocycles. The van der Waals surface area contributed by atoms with E-state index in [4.69, 9.17) is 0 Å². The molecule has 154 valence electrons. The minimum absolute atomic E-state index is 0.0304. The van der Waals surface area contributed by atoms with Crippen LogP contribution in [0.15, 0.2) is 66.7 Å². The third kappa shape index (κ3) is 3.53. The van der Waals surface area contributed by atoms with Crippen LogP contribution in [0, 0.1) is 23.0 Å². The fourth-order valence-electron chi connectivity index (χ4n) is 3.71. The molecule has 1 fully saturated rings. The minimum atomic E-state index is -1.70. The zero-order chi connectivity index (χ0) is 22.2. The topological polar surface area (TPSA) is 73.2 Å². The van der Waals surface area contributed by atoms with Gasteiger partial charge in [0.2, 0.25) is 0 Å². The van der Waals surface area contributed by atoms with Crippen molar-refractivity contribution < 1.29 is 18.4 Å². The summed E-state index contributed by atoms with van der Waals surface area (Å²) < 4.78 is 27.9. The first kappa shape index (κ1) is 20.2. The van der Waals surface area contributed by atoms with Crippen molar-refractivity contribution in [3.8, 4) is 17.2 Å². The predicted octanol–water partition coefficient (Wildman–Crippen LogP) is 4.47. The molecular weight excluding hydrogens is 400 g/mol. The molecule has 3 aromatic rings. The van der Waals surface area contributed by atoms with Gasteiger partial charge in [-0.15, -0.1) is 0 Å². The van der Waals surface area contributed by atoms with E-state index < -0.39 is 29.1 Å². The highest BCUT2D eigenvalue weighted by Crippen LogP contribution is 2.32. The average molecular weight is 417 g/mol. The second kappa shape index (κ2) is 7.65. The molecule has 31 heavy (non-hydrogen) atoms. The van der Waals surface area contributed by atoms with E-state index in [0.29, 0.717) is 11.1 Å². The fourth-order valence-corrected chi connectivity index (χ4v) is 3.71. The van der Waals surface area contributed by atoms with Gasteiger partial charge in [-0.25, -0.2) is 13.6 Å². The maximum absolute atomic E-state index is 14.3. The quantitative estimate of drug-likeness (QED) is 0.637. The Bertz CT molecular complexity index is 1230. The molecule has 0 saturated carbocycles. The second-order valence-corrected chi connectivity index (χ2v) is 7.42. The van der Waals surface area contributed by atoms with Crippen molar-refractivity contribution in [3.63, 3.8) is 0 Å². The summed E-state index contributed by atoms with van der Waals surface area (Å²) in [5, 5.41) is 11.8. The van der Waals surface area contributed by atoms with Crippen LogP contribution in [-0.4, -0.2) is 16.8 Å². The first-order valence-electron chi connectivity index (χ1n) is 9.51. The van der Waals surface area contributed by atoms with Gasteiger partial charge in [0.1, 0.15) is 17.2 Å². The summed E-state index contributed by atoms with van der Waals surface area (Å²) in [5.41, 5.74) is 0.889. The van der Waals surface area contributed by atoms with Crippen LogP contribution in [-0.2, 0) is 16.9 Å². The van der Waals surface area contributed by atoms with E-state index in [1.165, 1.54) is 6.92 Å². The van der Waals surface area contributed by atoms with Gasteiger partial charge < -0.3 is 5.32 Å². The highest BCUT2D eigenvalue weighted by molar-refractivity contribution is 6.07. The van der Waals surface area contributed by atoms with E-state index in [-0.39, 0.29) is 12.1 Å². The van der Waals surface area contributed by atoms with Crippen molar-refractivity contribution >= 4 is 11.9 Å². The molecule has 0 aliphatic carbocycles. The predicted molar refractivity (Wildman–Crippen MR) is 109 cm³/mol. The van der Waals surface area contributed by atoms with E-state index in [1.807, 2.05) is 12.1 Å². The first-order valence-corrected chi connectivity index (χ1v) is 9.51. The van der Waals surface area contributed by atoms with E-state index >= 15 is 0 Å². The number of nitrogens with one attached hydrogen (secondary N) is 1. The van der Waals surface area contributed by atoms with Crippen molar-refractivity contribution in [1.82, 2.24) is 10.2 Å². The Hall–Kier alpha value is -4.05. The first-order chi connectivity index (χ1) is 14.8. The van der Waals surface area contributed by atoms with Crippen molar-refractivity contribution in [2.24, 2.45) is 0 Å². The monoisotopic (exact) mass is 417 g/mol. The number of halogens is 2. The number of imide groups is 1. The molecule has 1 aliphatic rings.